The van der Waals surface area contributed by atoms with Gasteiger partial charge in [-0.2, -0.15) is 0 Å². The summed E-state index contributed by atoms with van der Waals surface area (Å²) in [5.74, 6) is -2.79. The predicted molar refractivity (Wildman–Crippen MR) is 129 cm³/mol. The van der Waals surface area contributed by atoms with E-state index in [0.717, 1.165) is 0 Å². The van der Waals surface area contributed by atoms with E-state index in [1.54, 1.807) is 51.1 Å². The Hall–Kier alpha value is -4.53. The quantitative estimate of drug-likeness (QED) is 0.395. The Morgan fingerprint density at radius 2 is 1.56 bits per heavy atom. The number of rotatable bonds is 6. The summed E-state index contributed by atoms with van der Waals surface area (Å²) >= 11 is 0. The lowest BCUT2D eigenvalue weighted by Crippen LogP contribution is -2.31. The number of nitrogens with one attached hydrogen (secondary N) is 2. The first-order chi connectivity index (χ1) is 17.1. The highest BCUT2D eigenvalue weighted by Crippen LogP contribution is 2.32. The van der Waals surface area contributed by atoms with Crippen LogP contribution in [0.25, 0.3) is 0 Å². The third-order valence-corrected chi connectivity index (χ3v) is 5.98. The number of fused-ring (bicyclic) bond motifs is 2. The Kier molecular flexibility index (Phi) is 6.57. The summed E-state index contributed by atoms with van der Waals surface area (Å²) in [4.78, 5) is 66.7. The van der Waals surface area contributed by atoms with Crippen molar-refractivity contribution in [2.45, 2.75) is 33.8 Å². The van der Waals surface area contributed by atoms with E-state index in [1.807, 2.05) is 0 Å². The van der Waals surface area contributed by atoms with Crippen molar-refractivity contribution in [3.05, 3.63) is 87.2 Å². The van der Waals surface area contributed by atoms with Crippen LogP contribution in [0.4, 0.5) is 5.69 Å². The number of ether oxygens (including phenoxy) is 2. The largest absolute Gasteiger partial charge is 0.462 e. The molecule has 3 aromatic rings. The van der Waals surface area contributed by atoms with Crippen LogP contribution in [0.5, 0.6) is 0 Å². The van der Waals surface area contributed by atoms with Crippen LogP contribution in [0, 0.1) is 13.8 Å². The second-order valence-corrected chi connectivity index (χ2v) is 8.31. The molecule has 0 fully saturated rings. The molecule has 0 saturated heterocycles. The van der Waals surface area contributed by atoms with Crippen molar-refractivity contribution in [1.29, 1.82) is 0 Å². The van der Waals surface area contributed by atoms with Gasteiger partial charge in [-0.25, -0.2) is 9.59 Å². The van der Waals surface area contributed by atoms with Gasteiger partial charge in [0.1, 0.15) is 5.69 Å². The predicted octanol–water partition coefficient (Wildman–Crippen LogP) is 3.77. The SMILES string of the molecule is CCOC(=O)c1c(C)[nH]c(C(=O)OC(C)C(=O)Nc2cccc3c2C(=O)c2ccccc2C3=O)c1C. The van der Waals surface area contributed by atoms with E-state index in [4.69, 9.17) is 9.47 Å². The Labute approximate surface area is 206 Å². The van der Waals surface area contributed by atoms with E-state index in [1.165, 1.54) is 19.1 Å². The van der Waals surface area contributed by atoms with Crippen LogP contribution in [0.1, 0.15) is 77.8 Å². The lowest BCUT2D eigenvalue weighted by Gasteiger charge is -2.21. The molecule has 0 saturated carbocycles. The second kappa shape index (κ2) is 9.61. The third-order valence-electron chi connectivity index (χ3n) is 5.98. The zero-order valence-corrected chi connectivity index (χ0v) is 20.2. The van der Waals surface area contributed by atoms with Gasteiger partial charge in [0.05, 0.1) is 23.4 Å². The van der Waals surface area contributed by atoms with Crippen molar-refractivity contribution in [1.82, 2.24) is 4.98 Å². The third kappa shape index (κ3) is 4.19. The summed E-state index contributed by atoms with van der Waals surface area (Å²) in [6, 6.07) is 11.1. The molecule has 1 aliphatic carbocycles. The van der Waals surface area contributed by atoms with Crippen molar-refractivity contribution in [3.8, 4) is 0 Å². The van der Waals surface area contributed by atoms with Crippen LogP contribution in [0.15, 0.2) is 42.5 Å². The van der Waals surface area contributed by atoms with Gasteiger partial charge in [-0.15, -0.1) is 0 Å². The van der Waals surface area contributed by atoms with Gasteiger partial charge in [0, 0.05) is 22.4 Å². The zero-order chi connectivity index (χ0) is 26.1. The van der Waals surface area contributed by atoms with E-state index in [0.29, 0.717) is 16.8 Å². The molecule has 9 nitrogen and oxygen atoms in total. The number of esters is 2. The molecule has 0 aliphatic heterocycles. The number of aromatic amines is 1. The monoisotopic (exact) mass is 488 g/mol. The minimum atomic E-state index is -1.25. The van der Waals surface area contributed by atoms with Crippen molar-refractivity contribution in [3.63, 3.8) is 0 Å². The van der Waals surface area contributed by atoms with Gasteiger partial charge in [-0.1, -0.05) is 36.4 Å². The molecule has 2 aromatic carbocycles. The lowest BCUT2D eigenvalue weighted by molar-refractivity contribution is -0.123. The summed E-state index contributed by atoms with van der Waals surface area (Å²) < 4.78 is 10.3. The zero-order valence-electron chi connectivity index (χ0n) is 20.2. The second-order valence-electron chi connectivity index (χ2n) is 8.31. The average molecular weight is 488 g/mol. The molecule has 9 heteroatoms. The highest BCUT2D eigenvalue weighted by molar-refractivity contribution is 6.30. The van der Waals surface area contributed by atoms with Gasteiger partial charge in [0.2, 0.25) is 0 Å². The van der Waals surface area contributed by atoms with Gasteiger partial charge in [0.15, 0.2) is 17.7 Å². The number of benzene rings is 2. The average Bonchev–Trinajstić information content (AvgIpc) is 3.16. The van der Waals surface area contributed by atoms with Crippen LogP contribution in [0.3, 0.4) is 0 Å². The van der Waals surface area contributed by atoms with Gasteiger partial charge in [0.25, 0.3) is 5.91 Å². The molecule has 184 valence electrons. The van der Waals surface area contributed by atoms with Gasteiger partial charge in [-0.05, 0) is 39.3 Å². The van der Waals surface area contributed by atoms with Crippen LogP contribution >= 0.6 is 0 Å². The van der Waals surface area contributed by atoms with Crippen LogP contribution < -0.4 is 5.32 Å². The number of aromatic nitrogens is 1. The number of ketones is 2. The Morgan fingerprint density at radius 1 is 0.917 bits per heavy atom. The van der Waals surface area contributed by atoms with Gasteiger partial charge in [-0.3, -0.25) is 14.4 Å². The van der Waals surface area contributed by atoms with Gasteiger partial charge >= 0.3 is 11.9 Å². The fourth-order valence-electron chi connectivity index (χ4n) is 4.22. The van der Waals surface area contributed by atoms with E-state index in [-0.39, 0.29) is 51.8 Å². The summed E-state index contributed by atoms with van der Waals surface area (Å²) in [6.07, 6.45) is -1.25. The molecule has 1 heterocycles. The van der Waals surface area contributed by atoms with Crippen molar-refractivity contribution >= 4 is 35.1 Å². The molecule has 1 aliphatic rings. The fourth-order valence-corrected chi connectivity index (χ4v) is 4.22. The minimum absolute atomic E-state index is 0.0321. The first kappa shape index (κ1) is 24.6. The van der Waals surface area contributed by atoms with Crippen LogP contribution in [-0.4, -0.2) is 47.1 Å². The highest BCUT2D eigenvalue weighted by atomic mass is 16.5. The number of hydrogen-bond donors (Lipinski definition) is 2. The molecular formula is C27H24N2O7. The Bertz CT molecular complexity index is 1430. The first-order valence-corrected chi connectivity index (χ1v) is 11.3. The maximum absolute atomic E-state index is 13.1. The topological polar surface area (TPSA) is 132 Å². The number of H-pyrrole nitrogens is 1. The first-order valence-electron chi connectivity index (χ1n) is 11.3. The number of anilines is 1. The maximum atomic E-state index is 13.1. The molecule has 1 aromatic heterocycles. The van der Waals surface area contributed by atoms with Crippen molar-refractivity contribution < 1.29 is 33.4 Å². The summed E-state index contributed by atoms with van der Waals surface area (Å²) in [7, 11) is 0. The number of aryl methyl sites for hydroxylation is 1. The lowest BCUT2D eigenvalue weighted by atomic mass is 9.83. The van der Waals surface area contributed by atoms with E-state index >= 15 is 0 Å². The van der Waals surface area contributed by atoms with E-state index < -0.39 is 23.9 Å². The molecule has 0 radical (unpaired) electrons. The normalized spacial score (nSPS) is 12.9. The molecule has 1 atom stereocenters. The molecular weight excluding hydrogens is 464 g/mol. The van der Waals surface area contributed by atoms with E-state index in [2.05, 4.69) is 10.3 Å². The van der Waals surface area contributed by atoms with Gasteiger partial charge < -0.3 is 19.8 Å². The molecule has 0 bridgehead atoms. The number of hydrogen-bond acceptors (Lipinski definition) is 7. The Morgan fingerprint density at radius 3 is 2.22 bits per heavy atom. The molecule has 1 amide bonds. The number of amides is 1. The van der Waals surface area contributed by atoms with Crippen LogP contribution in [-0.2, 0) is 14.3 Å². The molecule has 2 N–H and O–H groups in total. The van der Waals surface area contributed by atoms with Crippen molar-refractivity contribution in [2.24, 2.45) is 0 Å². The molecule has 1 unspecified atom stereocenters. The smallest absolute Gasteiger partial charge is 0.355 e. The van der Waals surface area contributed by atoms with Crippen molar-refractivity contribution in [2.75, 3.05) is 11.9 Å². The molecule has 0 spiro atoms. The Balaban J connectivity index is 1.53. The highest BCUT2D eigenvalue weighted by Gasteiger charge is 2.32. The summed E-state index contributed by atoms with van der Waals surface area (Å²) in [6.45, 7) is 6.44. The number of carbonyl (C=O) groups is 5. The molecule has 36 heavy (non-hydrogen) atoms. The maximum Gasteiger partial charge on any atom is 0.355 e. The summed E-state index contributed by atoms with van der Waals surface area (Å²) in [5, 5.41) is 2.60. The minimum Gasteiger partial charge on any atom is -0.462 e. The number of carbonyl (C=O) groups excluding carboxylic acids is 5. The standard InChI is InChI=1S/C27H24N2O7/c1-5-35-26(33)20-13(2)22(28-14(20)3)27(34)36-15(4)25(32)29-19-12-8-11-18-21(19)24(31)17-10-7-6-9-16(17)23(18)30/h6-12,15,28H,5H2,1-4H3,(H,29,32). The van der Waals surface area contributed by atoms with E-state index in [9.17, 15) is 24.0 Å². The van der Waals surface area contributed by atoms with Crippen LogP contribution in [0.2, 0.25) is 0 Å². The fraction of sp³-hybridized carbons (Fsp3) is 0.222. The summed E-state index contributed by atoms with van der Waals surface area (Å²) in [5.41, 5.74) is 2.03. The molecule has 4 rings (SSSR count).